The molecule has 1 N–H and O–H groups in total. The van der Waals surface area contributed by atoms with Gasteiger partial charge in [0.05, 0.1) is 15.7 Å². The van der Waals surface area contributed by atoms with Gasteiger partial charge in [-0.15, -0.1) is 11.3 Å². The molecule has 2 rings (SSSR count). The van der Waals surface area contributed by atoms with Crippen LogP contribution in [0.2, 0.25) is 10.0 Å². The molecular weight excluding hydrogens is 323 g/mol. The van der Waals surface area contributed by atoms with Gasteiger partial charge in [-0.25, -0.2) is 4.98 Å². The lowest BCUT2D eigenvalue weighted by molar-refractivity contribution is 0.589. The first-order chi connectivity index (χ1) is 10.0. The second-order valence-electron chi connectivity index (χ2n) is 5.30. The average Bonchev–Trinajstić information content (AvgIpc) is 2.83. The summed E-state index contributed by atoms with van der Waals surface area (Å²) in [5.74, 6) is 0. The van der Waals surface area contributed by atoms with E-state index >= 15 is 0 Å². The molecule has 0 aliphatic heterocycles. The van der Waals surface area contributed by atoms with Crippen molar-refractivity contribution in [2.24, 2.45) is 0 Å². The quantitative estimate of drug-likeness (QED) is 0.742. The van der Waals surface area contributed by atoms with Crippen LogP contribution in [0.1, 0.15) is 37.8 Å². The number of thiazole rings is 1. The van der Waals surface area contributed by atoms with E-state index in [2.05, 4.69) is 26.1 Å². The van der Waals surface area contributed by atoms with Crippen molar-refractivity contribution in [3.8, 4) is 10.6 Å². The molecule has 0 fully saturated rings. The second-order valence-corrected chi connectivity index (χ2v) is 7.20. The Balaban J connectivity index is 2.31. The number of rotatable bonds is 6. The molecule has 0 saturated carbocycles. The lowest BCUT2D eigenvalue weighted by atomic mass is 10.2. The first-order valence-corrected chi connectivity index (χ1v) is 8.76. The van der Waals surface area contributed by atoms with Crippen molar-refractivity contribution in [1.29, 1.82) is 0 Å². The summed E-state index contributed by atoms with van der Waals surface area (Å²) in [6.07, 6.45) is 2.10. The van der Waals surface area contributed by atoms with Crippen molar-refractivity contribution in [3.05, 3.63) is 38.8 Å². The van der Waals surface area contributed by atoms with Crippen molar-refractivity contribution in [2.45, 2.75) is 46.2 Å². The molecule has 0 bridgehead atoms. The number of nitrogens with one attached hydrogen (secondary N) is 1. The normalized spacial score (nSPS) is 11.3. The van der Waals surface area contributed by atoms with E-state index in [9.17, 15) is 0 Å². The van der Waals surface area contributed by atoms with E-state index in [1.165, 1.54) is 10.6 Å². The minimum absolute atomic E-state index is 0.468. The van der Waals surface area contributed by atoms with Gasteiger partial charge in [-0.05, 0) is 18.6 Å². The third-order valence-corrected chi connectivity index (χ3v) is 4.99. The van der Waals surface area contributed by atoms with Crippen LogP contribution < -0.4 is 5.32 Å². The topological polar surface area (TPSA) is 24.9 Å². The molecule has 0 radical (unpaired) electrons. The molecule has 1 aromatic carbocycles. The SMILES string of the molecule is CCCc1nc(-c2ccc(Cl)c(Cl)c2)sc1CNC(C)C. The molecule has 0 saturated heterocycles. The highest BCUT2D eigenvalue weighted by Crippen LogP contribution is 2.33. The first kappa shape index (κ1) is 16.8. The molecule has 114 valence electrons. The summed E-state index contributed by atoms with van der Waals surface area (Å²) in [7, 11) is 0. The van der Waals surface area contributed by atoms with Gasteiger partial charge in [-0.1, -0.05) is 56.5 Å². The van der Waals surface area contributed by atoms with E-state index in [0.29, 0.717) is 16.1 Å². The van der Waals surface area contributed by atoms with Crippen LogP contribution in [-0.2, 0) is 13.0 Å². The van der Waals surface area contributed by atoms with Gasteiger partial charge < -0.3 is 5.32 Å². The Hall–Kier alpha value is -0.610. The second kappa shape index (κ2) is 7.59. The summed E-state index contributed by atoms with van der Waals surface area (Å²) in [5, 5.41) is 5.63. The Kier molecular flexibility index (Phi) is 6.06. The van der Waals surface area contributed by atoms with Crippen LogP contribution in [0.3, 0.4) is 0 Å². The molecule has 2 aromatic rings. The number of aryl methyl sites for hydroxylation is 1. The zero-order valence-corrected chi connectivity index (χ0v) is 14.9. The van der Waals surface area contributed by atoms with Crippen LogP contribution in [0.5, 0.6) is 0 Å². The maximum absolute atomic E-state index is 6.11. The Morgan fingerprint density at radius 1 is 1.24 bits per heavy atom. The number of benzene rings is 1. The van der Waals surface area contributed by atoms with E-state index in [4.69, 9.17) is 28.2 Å². The number of aromatic nitrogens is 1. The van der Waals surface area contributed by atoms with E-state index in [-0.39, 0.29) is 0 Å². The Morgan fingerprint density at radius 3 is 2.62 bits per heavy atom. The Labute approximate surface area is 140 Å². The first-order valence-electron chi connectivity index (χ1n) is 7.18. The van der Waals surface area contributed by atoms with Crippen LogP contribution in [0, 0.1) is 0 Å². The summed E-state index contributed by atoms with van der Waals surface area (Å²) in [5.41, 5.74) is 2.22. The molecule has 0 amide bonds. The van der Waals surface area contributed by atoms with Gasteiger partial charge in [0, 0.05) is 23.0 Å². The summed E-state index contributed by atoms with van der Waals surface area (Å²) in [4.78, 5) is 6.11. The van der Waals surface area contributed by atoms with E-state index < -0.39 is 0 Å². The van der Waals surface area contributed by atoms with Gasteiger partial charge >= 0.3 is 0 Å². The number of hydrogen-bond acceptors (Lipinski definition) is 3. The minimum atomic E-state index is 0.468. The lowest BCUT2D eigenvalue weighted by Gasteiger charge is -2.07. The summed E-state index contributed by atoms with van der Waals surface area (Å²) in [6.45, 7) is 7.35. The molecule has 1 heterocycles. The predicted molar refractivity (Wildman–Crippen MR) is 93.5 cm³/mol. The van der Waals surface area contributed by atoms with Gasteiger partial charge in [0.25, 0.3) is 0 Å². The number of nitrogens with zero attached hydrogens (tertiary/aromatic N) is 1. The van der Waals surface area contributed by atoms with Gasteiger partial charge in [0.2, 0.25) is 0 Å². The van der Waals surface area contributed by atoms with Crippen molar-refractivity contribution in [3.63, 3.8) is 0 Å². The molecule has 1 aromatic heterocycles. The van der Waals surface area contributed by atoms with Crippen LogP contribution in [0.15, 0.2) is 18.2 Å². The molecule has 0 atom stereocenters. The molecule has 0 aliphatic carbocycles. The summed E-state index contributed by atoms with van der Waals surface area (Å²) < 4.78 is 0. The van der Waals surface area contributed by atoms with E-state index in [0.717, 1.165) is 30.0 Å². The standard InChI is InChI=1S/C16H20Cl2N2S/c1-4-5-14-15(9-19-10(2)3)21-16(20-14)11-6-7-12(17)13(18)8-11/h6-8,10,19H,4-5,9H2,1-3H3. The Morgan fingerprint density at radius 2 is 2.00 bits per heavy atom. The zero-order chi connectivity index (χ0) is 15.4. The molecule has 2 nitrogen and oxygen atoms in total. The van der Waals surface area contributed by atoms with Crippen LogP contribution >= 0.6 is 34.5 Å². The minimum Gasteiger partial charge on any atom is -0.310 e. The monoisotopic (exact) mass is 342 g/mol. The van der Waals surface area contributed by atoms with Crippen LogP contribution in [0.25, 0.3) is 10.6 Å². The average molecular weight is 343 g/mol. The summed E-state index contributed by atoms with van der Waals surface area (Å²) >= 11 is 13.8. The largest absolute Gasteiger partial charge is 0.310 e. The molecule has 5 heteroatoms. The lowest BCUT2D eigenvalue weighted by Crippen LogP contribution is -2.21. The maximum atomic E-state index is 6.11. The maximum Gasteiger partial charge on any atom is 0.123 e. The smallest absolute Gasteiger partial charge is 0.123 e. The summed E-state index contributed by atoms with van der Waals surface area (Å²) in [6, 6.07) is 6.15. The van der Waals surface area contributed by atoms with Crippen molar-refractivity contribution in [1.82, 2.24) is 10.3 Å². The highest BCUT2D eigenvalue weighted by Gasteiger charge is 2.13. The van der Waals surface area contributed by atoms with Gasteiger partial charge in [-0.3, -0.25) is 0 Å². The molecular formula is C16H20Cl2N2S. The molecule has 0 spiro atoms. The van der Waals surface area contributed by atoms with Gasteiger partial charge in [-0.2, -0.15) is 0 Å². The fraction of sp³-hybridized carbons (Fsp3) is 0.438. The van der Waals surface area contributed by atoms with Crippen molar-refractivity contribution < 1.29 is 0 Å². The zero-order valence-electron chi connectivity index (χ0n) is 12.5. The van der Waals surface area contributed by atoms with Crippen molar-refractivity contribution in [2.75, 3.05) is 0 Å². The fourth-order valence-corrected chi connectivity index (χ4v) is 3.36. The number of halogens is 2. The fourth-order valence-electron chi connectivity index (χ4n) is 2.00. The van der Waals surface area contributed by atoms with E-state index in [1.54, 1.807) is 11.3 Å². The van der Waals surface area contributed by atoms with Crippen LogP contribution in [-0.4, -0.2) is 11.0 Å². The van der Waals surface area contributed by atoms with Crippen molar-refractivity contribution >= 4 is 34.5 Å². The third-order valence-electron chi connectivity index (χ3n) is 3.10. The number of hydrogen-bond donors (Lipinski definition) is 1. The highest BCUT2D eigenvalue weighted by atomic mass is 35.5. The third kappa shape index (κ3) is 4.43. The molecule has 0 unspecified atom stereocenters. The van der Waals surface area contributed by atoms with Gasteiger partial charge in [0.15, 0.2) is 0 Å². The highest BCUT2D eigenvalue weighted by molar-refractivity contribution is 7.15. The van der Waals surface area contributed by atoms with Crippen LogP contribution in [0.4, 0.5) is 0 Å². The van der Waals surface area contributed by atoms with E-state index in [1.807, 2.05) is 18.2 Å². The molecule has 21 heavy (non-hydrogen) atoms. The van der Waals surface area contributed by atoms with Gasteiger partial charge in [0.1, 0.15) is 5.01 Å². The Bertz CT molecular complexity index is 608. The molecule has 0 aliphatic rings. The predicted octanol–water partition coefficient (Wildman–Crippen LogP) is 5.57.